The smallest absolute Gasteiger partial charge is 0.269 e. The number of non-ortho nitro benzene ring substituents is 1. The van der Waals surface area contributed by atoms with Crippen molar-refractivity contribution in [3.8, 4) is 5.75 Å². The van der Waals surface area contributed by atoms with E-state index in [0.717, 1.165) is 10.0 Å². The van der Waals surface area contributed by atoms with Crippen molar-refractivity contribution < 1.29 is 14.5 Å². The maximum Gasteiger partial charge on any atom is 0.269 e. The Kier molecular flexibility index (Phi) is 5.48. The van der Waals surface area contributed by atoms with Gasteiger partial charge in [-0.1, -0.05) is 33.2 Å². The van der Waals surface area contributed by atoms with Gasteiger partial charge in [0.15, 0.2) is 0 Å². The monoisotopic (exact) mass is 364 g/mol. The molecule has 22 heavy (non-hydrogen) atoms. The second kappa shape index (κ2) is 7.56. The number of hydrogen-bond acceptors (Lipinski definition) is 5. The summed E-state index contributed by atoms with van der Waals surface area (Å²) in [7, 11) is 1.57. The van der Waals surface area contributed by atoms with Crippen molar-refractivity contribution in [2.75, 3.05) is 7.11 Å². The third-order valence-corrected chi connectivity index (χ3v) is 3.30. The van der Waals surface area contributed by atoms with E-state index in [0.29, 0.717) is 11.3 Å². The molecule has 114 valence electrons. The van der Waals surface area contributed by atoms with Crippen molar-refractivity contribution in [3.05, 3.63) is 68.2 Å². The molecular weight excluding hydrogens is 352 g/mol. The number of halogens is 1. The molecular formula is C15H13BrN2O4. The molecule has 0 aliphatic heterocycles. The maximum atomic E-state index is 10.7. The van der Waals surface area contributed by atoms with Crippen LogP contribution in [0.1, 0.15) is 11.1 Å². The average Bonchev–Trinajstić information content (AvgIpc) is 2.52. The van der Waals surface area contributed by atoms with Gasteiger partial charge in [0, 0.05) is 22.2 Å². The van der Waals surface area contributed by atoms with Crippen molar-refractivity contribution in [1.82, 2.24) is 0 Å². The lowest BCUT2D eigenvalue weighted by atomic mass is 10.2. The van der Waals surface area contributed by atoms with Gasteiger partial charge in [-0.3, -0.25) is 10.1 Å². The molecule has 0 aliphatic rings. The van der Waals surface area contributed by atoms with E-state index in [4.69, 9.17) is 9.57 Å². The van der Waals surface area contributed by atoms with Crippen molar-refractivity contribution in [1.29, 1.82) is 0 Å². The minimum Gasteiger partial charge on any atom is -0.496 e. The molecule has 0 fully saturated rings. The number of rotatable bonds is 6. The zero-order valence-corrected chi connectivity index (χ0v) is 13.3. The molecule has 7 heteroatoms. The lowest BCUT2D eigenvalue weighted by molar-refractivity contribution is -0.384. The molecule has 0 saturated carbocycles. The quantitative estimate of drug-likeness (QED) is 0.442. The van der Waals surface area contributed by atoms with E-state index in [2.05, 4.69) is 21.1 Å². The van der Waals surface area contributed by atoms with Crippen LogP contribution in [0.4, 0.5) is 5.69 Å². The summed E-state index contributed by atoms with van der Waals surface area (Å²) in [5, 5.41) is 14.6. The van der Waals surface area contributed by atoms with Gasteiger partial charge in [-0.05, 0) is 23.8 Å². The van der Waals surface area contributed by atoms with Gasteiger partial charge in [0.1, 0.15) is 12.4 Å². The van der Waals surface area contributed by atoms with E-state index in [1.165, 1.54) is 18.3 Å². The molecule has 2 rings (SSSR count). The van der Waals surface area contributed by atoms with Gasteiger partial charge in [0.05, 0.1) is 18.2 Å². The van der Waals surface area contributed by atoms with Crippen LogP contribution >= 0.6 is 15.9 Å². The van der Waals surface area contributed by atoms with Gasteiger partial charge in [-0.2, -0.15) is 0 Å². The first-order valence-corrected chi connectivity index (χ1v) is 7.11. The molecule has 2 aromatic rings. The lowest BCUT2D eigenvalue weighted by Crippen LogP contribution is -1.93. The zero-order valence-electron chi connectivity index (χ0n) is 11.7. The predicted molar refractivity (Wildman–Crippen MR) is 86.2 cm³/mol. The Morgan fingerprint density at radius 1 is 1.32 bits per heavy atom. The first-order chi connectivity index (χ1) is 10.6. The molecule has 0 N–H and O–H groups in total. The number of oxime groups is 1. The molecule has 0 aromatic heterocycles. The minimum absolute atomic E-state index is 0.0266. The third kappa shape index (κ3) is 4.29. The molecule has 0 atom stereocenters. The Labute approximate surface area is 135 Å². The number of nitro groups is 1. The molecule has 0 amide bonds. The van der Waals surface area contributed by atoms with Gasteiger partial charge in [-0.25, -0.2) is 0 Å². The van der Waals surface area contributed by atoms with E-state index >= 15 is 0 Å². The first kappa shape index (κ1) is 16.0. The van der Waals surface area contributed by atoms with Crippen LogP contribution in [0, 0.1) is 10.1 Å². The summed E-state index contributed by atoms with van der Waals surface area (Å²) in [5.41, 5.74) is 1.46. The summed E-state index contributed by atoms with van der Waals surface area (Å²) >= 11 is 3.37. The molecule has 0 radical (unpaired) electrons. The van der Waals surface area contributed by atoms with Crippen molar-refractivity contribution in [2.24, 2.45) is 5.16 Å². The van der Waals surface area contributed by atoms with Gasteiger partial charge in [0.2, 0.25) is 0 Å². The van der Waals surface area contributed by atoms with Crippen LogP contribution < -0.4 is 4.74 Å². The van der Waals surface area contributed by atoms with Gasteiger partial charge in [-0.15, -0.1) is 0 Å². The Bertz CT molecular complexity index is 704. The van der Waals surface area contributed by atoms with E-state index < -0.39 is 4.92 Å². The van der Waals surface area contributed by atoms with Crippen molar-refractivity contribution in [3.63, 3.8) is 0 Å². The lowest BCUT2D eigenvalue weighted by Gasteiger charge is -2.04. The van der Waals surface area contributed by atoms with Crippen LogP contribution in [0.2, 0.25) is 0 Å². The number of nitro benzene ring substituents is 1. The minimum atomic E-state index is -0.445. The number of nitrogens with zero attached hydrogens (tertiary/aromatic N) is 2. The number of hydrogen-bond donors (Lipinski definition) is 0. The Balaban J connectivity index is 2.00. The third-order valence-electron chi connectivity index (χ3n) is 2.81. The van der Waals surface area contributed by atoms with E-state index in [1.54, 1.807) is 19.2 Å². The van der Waals surface area contributed by atoms with Crippen molar-refractivity contribution in [2.45, 2.75) is 6.61 Å². The summed E-state index contributed by atoms with van der Waals surface area (Å²) in [5.74, 6) is 0.672. The van der Waals surface area contributed by atoms with Crippen LogP contribution in [-0.4, -0.2) is 18.2 Å². The SMILES string of the molecule is COc1ccc(Br)cc1/C=N\OCc1cccc([N+](=O)[O-])c1. The highest BCUT2D eigenvalue weighted by atomic mass is 79.9. The normalized spacial score (nSPS) is 10.6. The highest BCUT2D eigenvalue weighted by molar-refractivity contribution is 9.10. The van der Waals surface area contributed by atoms with Gasteiger partial charge in [0.25, 0.3) is 5.69 Å². The van der Waals surface area contributed by atoms with E-state index in [-0.39, 0.29) is 12.3 Å². The highest BCUT2D eigenvalue weighted by Crippen LogP contribution is 2.21. The topological polar surface area (TPSA) is 74.0 Å². The van der Waals surface area contributed by atoms with Gasteiger partial charge < -0.3 is 9.57 Å². The van der Waals surface area contributed by atoms with Crippen molar-refractivity contribution >= 4 is 27.8 Å². The van der Waals surface area contributed by atoms with Gasteiger partial charge >= 0.3 is 0 Å². The second-order valence-electron chi connectivity index (χ2n) is 4.32. The first-order valence-electron chi connectivity index (χ1n) is 6.32. The average molecular weight is 365 g/mol. The molecule has 0 saturated heterocycles. The largest absolute Gasteiger partial charge is 0.496 e. The molecule has 0 unspecified atom stereocenters. The molecule has 0 spiro atoms. The number of methoxy groups -OCH3 is 1. The molecule has 2 aromatic carbocycles. The summed E-state index contributed by atoms with van der Waals surface area (Å²) in [4.78, 5) is 15.4. The molecule has 0 heterocycles. The van der Waals surface area contributed by atoms with Crippen LogP contribution in [0.25, 0.3) is 0 Å². The standard InChI is InChI=1S/C15H13BrN2O4/c1-21-15-6-5-13(16)8-12(15)9-17-22-10-11-3-2-4-14(7-11)18(19)20/h2-9H,10H2,1H3/b17-9-. The predicted octanol–water partition coefficient (Wildman–Crippen LogP) is 3.92. The summed E-state index contributed by atoms with van der Waals surface area (Å²) < 4.78 is 6.11. The fourth-order valence-corrected chi connectivity index (χ4v) is 2.15. The van der Waals surface area contributed by atoms with Crippen LogP contribution in [-0.2, 0) is 11.4 Å². The summed E-state index contributed by atoms with van der Waals surface area (Å²) in [6.45, 7) is 0.147. The zero-order chi connectivity index (χ0) is 15.9. The summed E-state index contributed by atoms with van der Waals surface area (Å²) in [6, 6.07) is 11.7. The van der Waals surface area contributed by atoms with Crippen LogP contribution in [0.15, 0.2) is 52.1 Å². The molecule has 0 aliphatic carbocycles. The Morgan fingerprint density at radius 2 is 2.14 bits per heavy atom. The number of benzene rings is 2. The molecule has 0 bridgehead atoms. The maximum absolute atomic E-state index is 10.7. The van der Waals surface area contributed by atoms with E-state index in [9.17, 15) is 10.1 Å². The van der Waals surface area contributed by atoms with E-state index in [1.807, 2.05) is 18.2 Å². The summed E-state index contributed by atoms with van der Waals surface area (Å²) in [6.07, 6.45) is 1.53. The Hall–Kier alpha value is -2.41. The second-order valence-corrected chi connectivity index (χ2v) is 5.24. The molecule has 6 nitrogen and oxygen atoms in total. The van der Waals surface area contributed by atoms with Crippen LogP contribution in [0.3, 0.4) is 0 Å². The number of ether oxygens (including phenoxy) is 1. The Morgan fingerprint density at radius 3 is 2.86 bits per heavy atom. The fourth-order valence-electron chi connectivity index (χ4n) is 1.77. The fraction of sp³-hybridized carbons (Fsp3) is 0.133. The van der Waals surface area contributed by atoms with Crippen LogP contribution in [0.5, 0.6) is 5.75 Å². The highest BCUT2D eigenvalue weighted by Gasteiger charge is 2.05.